The topological polar surface area (TPSA) is 90.5 Å². The molecule has 0 N–H and O–H groups in total. The molecule has 9 aromatic rings. The lowest BCUT2D eigenvalue weighted by Crippen LogP contribution is -2.01. The van der Waals surface area contributed by atoms with Crippen LogP contribution in [0.2, 0.25) is 0 Å². The van der Waals surface area contributed by atoms with Crippen molar-refractivity contribution in [3.8, 4) is 68.3 Å². The van der Waals surface area contributed by atoms with Crippen molar-refractivity contribution in [2.45, 2.75) is 0 Å². The second kappa shape index (κ2) is 12.1. The van der Waals surface area contributed by atoms with Crippen LogP contribution in [0.25, 0.3) is 90.3 Å². The second-order valence-corrected chi connectivity index (χ2v) is 10.3. The lowest BCUT2D eigenvalue weighted by Gasteiger charge is -2.10. The fourth-order valence-corrected chi connectivity index (χ4v) is 4.99. The van der Waals surface area contributed by atoms with Gasteiger partial charge in [-0.3, -0.25) is 0 Å². The number of nitrogens with zero attached hydrogens (tertiary/aromatic N) is 6. The Hall–Kier alpha value is -6.86. The highest BCUT2D eigenvalue weighted by molar-refractivity contribution is 6.05. The molecule has 0 amide bonds. The molecule has 6 aromatic carbocycles. The van der Waals surface area contributed by atoms with Crippen molar-refractivity contribution in [3.05, 3.63) is 157 Å². The van der Waals surface area contributed by atoms with Gasteiger partial charge in [-0.05, 0) is 24.2 Å². The zero-order valence-corrected chi connectivity index (χ0v) is 24.8. The van der Waals surface area contributed by atoms with Gasteiger partial charge in [-0.2, -0.15) is 0 Å². The van der Waals surface area contributed by atoms with Gasteiger partial charge in [0.2, 0.25) is 0 Å². The van der Waals surface area contributed by atoms with Gasteiger partial charge in [-0.15, -0.1) is 0 Å². The van der Waals surface area contributed by atoms with Gasteiger partial charge in [-0.25, -0.2) is 29.9 Å². The van der Waals surface area contributed by atoms with Crippen LogP contribution in [-0.2, 0) is 0 Å². The highest BCUT2D eigenvalue weighted by atomic mass is 16.3. The summed E-state index contributed by atoms with van der Waals surface area (Å²) < 4.78 is 151. The lowest BCUT2D eigenvalue weighted by atomic mass is 10.1. The number of hydrogen-bond acceptors (Lipinski definition) is 7. The SMILES string of the molecule is [2H]c1c([2H])c([2H])c(-c2nc(-c3cccc(-c4nc(-c5ccccc5)nc(-c5c([2H])c([2H])c6c(oc7c([2H])c([2H])c([2H])c([2H])c76)c5[2H])n4)c3)nc(-c3c([2H])c([2H])c([2H])c([2H])c3[2H])n2)c([2H])c1[2H]. The summed E-state index contributed by atoms with van der Waals surface area (Å²) in [4.78, 5) is 27.3. The van der Waals surface area contributed by atoms with E-state index in [-0.39, 0.29) is 61.9 Å². The molecule has 230 valence electrons. The Morgan fingerprint density at radius 2 is 0.837 bits per heavy atom. The van der Waals surface area contributed by atoms with Crippen molar-refractivity contribution >= 4 is 21.9 Å². The fraction of sp³-hybridized carbons (Fsp3) is 0. The van der Waals surface area contributed by atoms with E-state index in [9.17, 15) is 1.37 Å². The fourth-order valence-electron chi connectivity index (χ4n) is 4.99. The summed E-state index contributed by atoms with van der Waals surface area (Å²) in [6.45, 7) is 0. The van der Waals surface area contributed by atoms with Crippen LogP contribution in [0, 0.1) is 0 Å². The molecule has 7 heteroatoms. The molecule has 3 heterocycles. The van der Waals surface area contributed by atoms with Gasteiger partial charge in [-0.1, -0.05) is 133 Å². The summed E-state index contributed by atoms with van der Waals surface area (Å²) in [5.41, 5.74) is -0.860. The molecule has 0 atom stereocenters. The molecule has 0 radical (unpaired) electrons. The minimum absolute atomic E-state index is 0.0407. The maximum absolute atomic E-state index is 9.25. The van der Waals surface area contributed by atoms with E-state index in [1.54, 1.807) is 42.5 Å². The minimum Gasteiger partial charge on any atom is -0.456 e. The molecule has 0 unspecified atom stereocenters. The predicted molar refractivity (Wildman–Crippen MR) is 193 cm³/mol. The van der Waals surface area contributed by atoms with Crippen molar-refractivity contribution < 1.29 is 27.7 Å². The summed E-state index contributed by atoms with van der Waals surface area (Å²) in [5.74, 6) is -1.38. The Bertz CT molecular complexity index is 3440. The zero-order chi connectivity index (χ0) is 47.4. The van der Waals surface area contributed by atoms with Gasteiger partial charge in [0, 0.05) is 44.2 Å². The molecule has 0 aliphatic carbocycles. The Morgan fingerprint density at radius 3 is 1.45 bits per heavy atom. The van der Waals surface area contributed by atoms with Crippen LogP contribution in [0.1, 0.15) is 23.3 Å². The first-order valence-corrected chi connectivity index (χ1v) is 14.6. The molecule has 0 saturated heterocycles. The first kappa shape index (κ1) is 15.8. The molecule has 0 aliphatic heterocycles. The highest BCUT2D eigenvalue weighted by Gasteiger charge is 2.17. The Kier molecular flexibility index (Phi) is 3.89. The van der Waals surface area contributed by atoms with Crippen molar-refractivity contribution in [2.75, 3.05) is 0 Å². The van der Waals surface area contributed by atoms with E-state index < -0.39 is 125 Å². The molecule has 0 spiro atoms. The van der Waals surface area contributed by atoms with E-state index >= 15 is 0 Å². The second-order valence-electron chi connectivity index (χ2n) is 10.3. The summed E-state index contributed by atoms with van der Waals surface area (Å²) in [6.07, 6.45) is 0. The first-order chi connectivity index (χ1) is 31.3. The Labute approximate surface area is 305 Å². The van der Waals surface area contributed by atoms with E-state index in [1.807, 2.05) is 0 Å². The molecular weight excluding hydrogens is 605 g/mol. The minimum atomic E-state index is -0.700. The van der Waals surface area contributed by atoms with Gasteiger partial charge in [0.05, 0.1) is 23.3 Å². The monoisotopic (exact) mass is 647 g/mol. The summed E-state index contributed by atoms with van der Waals surface area (Å²) in [6, 6.07) is 4.22. The maximum Gasteiger partial charge on any atom is 0.164 e. The Morgan fingerprint density at radius 1 is 0.367 bits per heavy atom. The van der Waals surface area contributed by atoms with Crippen molar-refractivity contribution in [1.82, 2.24) is 29.9 Å². The summed E-state index contributed by atoms with van der Waals surface area (Å²) in [7, 11) is 0. The van der Waals surface area contributed by atoms with E-state index in [1.165, 1.54) is 12.1 Å². The third-order valence-electron chi connectivity index (χ3n) is 7.24. The molecule has 9 rings (SSSR count). The van der Waals surface area contributed by atoms with Gasteiger partial charge in [0.1, 0.15) is 11.2 Å². The van der Waals surface area contributed by atoms with Crippen LogP contribution >= 0.6 is 0 Å². The van der Waals surface area contributed by atoms with E-state index in [2.05, 4.69) is 24.9 Å². The number of furan rings is 1. The quantitative estimate of drug-likeness (QED) is 0.177. The molecule has 0 bridgehead atoms. The molecular formula is C42H26N6O. The van der Waals surface area contributed by atoms with E-state index in [0.29, 0.717) is 5.56 Å². The van der Waals surface area contributed by atoms with Gasteiger partial charge < -0.3 is 4.42 Å². The number of benzene rings is 6. The third kappa shape index (κ3) is 5.49. The molecule has 49 heavy (non-hydrogen) atoms. The largest absolute Gasteiger partial charge is 0.456 e. The van der Waals surface area contributed by atoms with Crippen LogP contribution < -0.4 is 0 Å². The van der Waals surface area contributed by atoms with Crippen LogP contribution in [0.5, 0.6) is 0 Å². The highest BCUT2D eigenvalue weighted by Crippen LogP contribution is 2.33. The average Bonchev–Trinajstić information content (AvgIpc) is 3.74. The van der Waals surface area contributed by atoms with Crippen LogP contribution in [-0.4, -0.2) is 29.9 Å². The summed E-state index contributed by atoms with van der Waals surface area (Å²) in [5, 5.41) is -0.320. The van der Waals surface area contributed by atoms with E-state index in [0.717, 1.165) is 0 Å². The van der Waals surface area contributed by atoms with Crippen molar-refractivity contribution in [3.63, 3.8) is 0 Å². The van der Waals surface area contributed by atoms with E-state index in [4.69, 9.17) is 31.3 Å². The lowest BCUT2D eigenvalue weighted by molar-refractivity contribution is 0.669. The number of aromatic nitrogens is 6. The number of hydrogen-bond donors (Lipinski definition) is 0. The number of fused-ring (bicyclic) bond motifs is 3. The average molecular weight is 648 g/mol. The molecule has 7 nitrogen and oxygen atoms in total. The number of para-hydroxylation sites is 1. The third-order valence-corrected chi connectivity index (χ3v) is 7.24. The van der Waals surface area contributed by atoms with Gasteiger partial charge in [0.15, 0.2) is 34.9 Å². The predicted octanol–water partition coefficient (Wildman–Crippen LogP) is 9.96. The standard InChI is InChI=1S/C42H26N6O/c1-4-13-27(14-5-1)37-43-38(28-15-6-2-7-16-28)45-40(44-37)30-19-12-20-31(25-30)41-46-39(29-17-8-3-9-18-29)47-42(48-41)32-23-24-34-33-21-10-11-22-35(33)49-36(34)26-32/h1-26H/i1D,2D,4D,5D,6D,7D,10D,11D,13D,14D,15D,16D,21D,22D,23D,24D,26D. The molecule has 3 aromatic heterocycles. The zero-order valence-electron chi connectivity index (χ0n) is 41.8. The first-order valence-electron chi connectivity index (χ1n) is 23.1. The maximum atomic E-state index is 9.25. The van der Waals surface area contributed by atoms with Crippen LogP contribution in [0.15, 0.2) is 162 Å². The molecule has 0 saturated carbocycles. The normalized spacial score (nSPS) is 16.1. The smallest absolute Gasteiger partial charge is 0.164 e. The Balaban J connectivity index is 1.29. The number of rotatable bonds is 6. The van der Waals surface area contributed by atoms with Crippen LogP contribution in [0.4, 0.5) is 0 Å². The van der Waals surface area contributed by atoms with Crippen molar-refractivity contribution in [1.29, 1.82) is 0 Å². The van der Waals surface area contributed by atoms with Gasteiger partial charge >= 0.3 is 0 Å². The van der Waals surface area contributed by atoms with Crippen LogP contribution in [0.3, 0.4) is 0 Å². The summed E-state index contributed by atoms with van der Waals surface area (Å²) >= 11 is 0. The van der Waals surface area contributed by atoms with Crippen molar-refractivity contribution in [2.24, 2.45) is 0 Å². The molecule has 0 fully saturated rings. The van der Waals surface area contributed by atoms with Gasteiger partial charge in [0.25, 0.3) is 0 Å². The molecule has 0 aliphatic rings.